The van der Waals surface area contributed by atoms with Crippen LogP contribution in [-0.4, -0.2) is 53.6 Å². The summed E-state index contributed by atoms with van der Waals surface area (Å²) in [6, 6.07) is 5.62. The van der Waals surface area contributed by atoms with E-state index in [2.05, 4.69) is 16.0 Å². The number of imidazole rings is 1. The number of rotatable bonds is 4. The Morgan fingerprint density at radius 1 is 1.44 bits per heavy atom. The molecule has 1 amide bonds. The number of nitrogens with one attached hydrogen (secondary N) is 1. The second-order valence-corrected chi connectivity index (χ2v) is 7.30. The summed E-state index contributed by atoms with van der Waals surface area (Å²) in [5.41, 5.74) is 9.09. The fraction of sp³-hybridized carbons (Fsp3) is 0.500. The van der Waals surface area contributed by atoms with Crippen molar-refractivity contribution in [1.29, 1.82) is 0 Å². The Bertz CT molecular complexity index is 783. The van der Waals surface area contributed by atoms with Gasteiger partial charge in [-0.1, -0.05) is 12.1 Å². The quantitative estimate of drug-likeness (QED) is 0.848. The maximum atomic E-state index is 12.8. The lowest BCUT2D eigenvalue weighted by atomic mass is 9.78. The van der Waals surface area contributed by atoms with Crippen LogP contribution < -0.4 is 10.5 Å². The van der Waals surface area contributed by atoms with Gasteiger partial charge in [-0.2, -0.15) is 0 Å². The molecular formula is C20H26N4O3. The molecule has 0 saturated carbocycles. The van der Waals surface area contributed by atoms with Crippen molar-refractivity contribution in [1.82, 2.24) is 14.9 Å². The summed E-state index contributed by atoms with van der Waals surface area (Å²) >= 11 is 0. The van der Waals surface area contributed by atoms with Crippen LogP contribution in [0.25, 0.3) is 0 Å². The number of aromatic nitrogens is 2. The lowest BCUT2D eigenvalue weighted by molar-refractivity contribution is -0.142. The minimum Gasteiger partial charge on any atom is -0.496 e. The zero-order valence-electron chi connectivity index (χ0n) is 15.6. The molecule has 7 nitrogen and oxygen atoms in total. The lowest BCUT2D eigenvalue weighted by Crippen LogP contribution is -2.52. The number of piperidine rings is 1. The third-order valence-corrected chi connectivity index (χ3v) is 5.73. The molecule has 2 aliphatic heterocycles. The summed E-state index contributed by atoms with van der Waals surface area (Å²) in [7, 11) is 1.70. The number of hydrogen-bond donors (Lipinski definition) is 2. The summed E-state index contributed by atoms with van der Waals surface area (Å²) in [4.78, 5) is 21.6. The molecule has 1 saturated heterocycles. The minimum atomic E-state index is -0.561. The van der Waals surface area contributed by atoms with Gasteiger partial charge < -0.3 is 25.1 Å². The third kappa shape index (κ3) is 3.33. The monoisotopic (exact) mass is 370 g/mol. The summed E-state index contributed by atoms with van der Waals surface area (Å²) in [5, 5.41) is 0. The number of aromatic amines is 1. The molecule has 1 spiro atoms. The van der Waals surface area contributed by atoms with E-state index in [4.69, 9.17) is 15.2 Å². The zero-order chi connectivity index (χ0) is 18.9. The molecule has 27 heavy (non-hydrogen) atoms. The highest BCUT2D eigenvalue weighted by molar-refractivity contribution is 5.82. The van der Waals surface area contributed by atoms with Crippen molar-refractivity contribution < 1.29 is 14.3 Å². The Hall–Kier alpha value is -2.38. The van der Waals surface area contributed by atoms with Crippen molar-refractivity contribution in [2.45, 2.75) is 37.3 Å². The van der Waals surface area contributed by atoms with E-state index in [1.54, 1.807) is 19.6 Å². The fourth-order valence-corrected chi connectivity index (χ4v) is 4.34. The highest BCUT2D eigenvalue weighted by atomic mass is 16.5. The van der Waals surface area contributed by atoms with Crippen LogP contribution in [0, 0.1) is 0 Å². The number of fused-ring (bicyclic) bond motifs is 2. The maximum absolute atomic E-state index is 12.8. The van der Waals surface area contributed by atoms with Gasteiger partial charge in [-0.05, 0) is 30.9 Å². The van der Waals surface area contributed by atoms with Gasteiger partial charge in [-0.25, -0.2) is 4.98 Å². The number of carbonyl (C=O) groups excluding carboxylic acids is 1. The number of nitrogens with two attached hydrogens (primary N) is 1. The van der Waals surface area contributed by atoms with Crippen LogP contribution in [0.15, 0.2) is 30.7 Å². The smallest absolute Gasteiger partial charge is 0.239 e. The molecule has 3 N–H and O–H groups in total. The van der Waals surface area contributed by atoms with Gasteiger partial charge in [0.05, 0.1) is 26.1 Å². The topological polar surface area (TPSA) is 93.5 Å². The van der Waals surface area contributed by atoms with E-state index in [0.717, 1.165) is 36.3 Å². The standard InChI is InChI=1S/C20H26N4O3/c1-26-17-4-2-3-14-5-10-27-20(18(14)17)6-8-24(9-7-20)19(25)16(21)11-15-12-22-13-23-15/h2-4,12-13,16H,5-11,21H2,1H3,(H,22,23)/t16-/m0/s1. The fourth-order valence-electron chi connectivity index (χ4n) is 4.34. The Kier molecular flexibility index (Phi) is 4.88. The first-order valence-corrected chi connectivity index (χ1v) is 9.45. The summed E-state index contributed by atoms with van der Waals surface area (Å²) in [6.07, 6.45) is 6.17. The molecular weight excluding hydrogens is 344 g/mol. The SMILES string of the molecule is COc1cccc2c1C1(CCN(C(=O)[C@@H](N)Cc3cnc[nH]3)CC1)OCC2. The average molecular weight is 370 g/mol. The molecule has 3 heterocycles. The number of H-pyrrole nitrogens is 1. The van der Waals surface area contributed by atoms with Crippen molar-refractivity contribution in [3.8, 4) is 5.75 Å². The van der Waals surface area contributed by atoms with Crippen LogP contribution in [0.5, 0.6) is 5.75 Å². The first kappa shape index (κ1) is 18.0. The van der Waals surface area contributed by atoms with Crippen LogP contribution in [0.3, 0.4) is 0 Å². The van der Waals surface area contributed by atoms with E-state index in [9.17, 15) is 4.79 Å². The van der Waals surface area contributed by atoms with Gasteiger partial charge in [0, 0.05) is 37.0 Å². The second-order valence-electron chi connectivity index (χ2n) is 7.30. The molecule has 1 aromatic heterocycles. The van der Waals surface area contributed by atoms with Gasteiger partial charge in [0.25, 0.3) is 0 Å². The number of amides is 1. The molecule has 1 fully saturated rings. The molecule has 7 heteroatoms. The minimum absolute atomic E-state index is 0.0180. The molecule has 0 aliphatic carbocycles. The Morgan fingerprint density at radius 3 is 2.96 bits per heavy atom. The van der Waals surface area contributed by atoms with Gasteiger partial charge in [0.15, 0.2) is 0 Å². The van der Waals surface area contributed by atoms with Gasteiger partial charge >= 0.3 is 0 Å². The number of carbonyl (C=O) groups is 1. The van der Waals surface area contributed by atoms with Crippen molar-refractivity contribution in [2.24, 2.45) is 5.73 Å². The predicted molar refractivity (Wildman–Crippen MR) is 100 cm³/mol. The first-order valence-electron chi connectivity index (χ1n) is 9.45. The maximum Gasteiger partial charge on any atom is 0.239 e. The largest absolute Gasteiger partial charge is 0.496 e. The van der Waals surface area contributed by atoms with Crippen LogP contribution in [0.2, 0.25) is 0 Å². The normalized spacial score (nSPS) is 19.6. The molecule has 4 rings (SSSR count). The molecule has 2 aromatic rings. The van der Waals surface area contributed by atoms with E-state index in [-0.39, 0.29) is 11.5 Å². The van der Waals surface area contributed by atoms with Gasteiger partial charge in [-0.15, -0.1) is 0 Å². The van der Waals surface area contributed by atoms with Crippen LogP contribution in [0.4, 0.5) is 0 Å². The van der Waals surface area contributed by atoms with E-state index < -0.39 is 6.04 Å². The number of methoxy groups -OCH3 is 1. The Morgan fingerprint density at radius 2 is 2.26 bits per heavy atom. The highest BCUT2D eigenvalue weighted by Gasteiger charge is 2.44. The molecule has 1 aromatic carbocycles. The number of likely N-dealkylation sites (tertiary alicyclic amines) is 1. The molecule has 0 radical (unpaired) electrons. The van der Waals surface area contributed by atoms with E-state index in [0.29, 0.717) is 26.1 Å². The molecule has 144 valence electrons. The first-order chi connectivity index (χ1) is 13.1. The number of benzene rings is 1. The van der Waals surface area contributed by atoms with Crippen molar-refractivity contribution in [2.75, 3.05) is 26.8 Å². The Labute approximate surface area is 158 Å². The number of nitrogens with zero attached hydrogens (tertiary/aromatic N) is 2. The molecule has 0 bridgehead atoms. The van der Waals surface area contributed by atoms with Crippen molar-refractivity contribution in [3.05, 3.63) is 47.5 Å². The number of hydrogen-bond acceptors (Lipinski definition) is 5. The van der Waals surface area contributed by atoms with Crippen LogP contribution >= 0.6 is 0 Å². The van der Waals surface area contributed by atoms with Gasteiger partial charge in [0.1, 0.15) is 11.4 Å². The summed E-state index contributed by atoms with van der Waals surface area (Å²) in [5.74, 6) is 0.860. The lowest BCUT2D eigenvalue weighted by Gasteiger charge is -2.45. The van der Waals surface area contributed by atoms with Gasteiger partial charge in [-0.3, -0.25) is 4.79 Å². The Balaban J connectivity index is 1.47. The summed E-state index contributed by atoms with van der Waals surface area (Å²) in [6.45, 7) is 1.97. The molecule has 1 atom stereocenters. The summed E-state index contributed by atoms with van der Waals surface area (Å²) < 4.78 is 11.9. The van der Waals surface area contributed by atoms with Crippen molar-refractivity contribution in [3.63, 3.8) is 0 Å². The molecule has 2 aliphatic rings. The van der Waals surface area contributed by atoms with Crippen LogP contribution in [-0.2, 0) is 28.0 Å². The van der Waals surface area contributed by atoms with E-state index in [1.165, 1.54) is 5.56 Å². The zero-order valence-corrected chi connectivity index (χ0v) is 15.6. The van der Waals surface area contributed by atoms with Gasteiger partial charge in [0.2, 0.25) is 5.91 Å². The average Bonchev–Trinajstić information content (AvgIpc) is 3.21. The third-order valence-electron chi connectivity index (χ3n) is 5.73. The molecule has 0 unspecified atom stereocenters. The van der Waals surface area contributed by atoms with Crippen LogP contribution in [0.1, 0.15) is 29.7 Å². The second kappa shape index (κ2) is 7.32. The van der Waals surface area contributed by atoms with Crippen molar-refractivity contribution >= 4 is 5.91 Å². The predicted octanol–water partition coefficient (Wildman–Crippen LogP) is 1.38. The van der Waals surface area contributed by atoms with E-state index >= 15 is 0 Å². The van der Waals surface area contributed by atoms with E-state index in [1.807, 2.05) is 17.0 Å². The number of ether oxygens (including phenoxy) is 2. The highest BCUT2D eigenvalue weighted by Crippen LogP contribution is 2.45.